The molecule has 102 valence electrons. The average Bonchev–Trinajstić information content (AvgIpc) is 2.42. The van der Waals surface area contributed by atoms with Gasteiger partial charge in [-0.05, 0) is 43.3 Å². The first-order chi connectivity index (χ1) is 8.76. The second kappa shape index (κ2) is 9.29. The van der Waals surface area contributed by atoms with E-state index in [2.05, 4.69) is 49.7 Å². The molecule has 0 aliphatic heterocycles. The molecular weight excluding hydrogens is 242 g/mol. The second-order valence-corrected chi connectivity index (χ2v) is 5.78. The molecule has 1 N–H and O–H groups in total. The third-order valence-corrected chi connectivity index (χ3v) is 3.90. The Morgan fingerprint density at radius 3 is 2.61 bits per heavy atom. The number of ether oxygens (including phenoxy) is 1. The Hall–Kier alpha value is -0.670. The van der Waals surface area contributed by atoms with E-state index in [4.69, 9.17) is 4.74 Å². The maximum atomic E-state index is 5.56. The lowest BCUT2D eigenvalue weighted by Crippen LogP contribution is -2.17. The summed E-state index contributed by atoms with van der Waals surface area (Å²) in [6.07, 6.45) is 4.44. The van der Waals surface area contributed by atoms with Gasteiger partial charge in [0.05, 0.1) is 6.61 Å². The summed E-state index contributed by atoms with van der Waals surface area (Å²) in [6, 6.07) is 8.38. The van der Waals surface area contributed by atoms with Crippen molar-refractivity contribution in [2.24, 2.45) is 0 Å². The minimum Gasteiger partial charge on any atom is -0.494 e. The maximum absolute atomic E-state index is 5.56. The van der Waals surface area contributed by atoms with Crippen LogP contribution in [0.3, 0.4) is 0 Å². The highest BCUT2D eigenvalue weighted by molar-refractivity contribution is 7.99. The number of hydrogen-bond donors (Lipinski definition) is 1. The van der Waals surface area contributed by atoms with Crippen LogP contribution in [0.4, 0.5) is 0 Å². The number of thioether (sulfide) groups is 1. The van der Waals surface area contributed by atoms with Gasteiger partial charge in [-0.3, -0.25) is 0 Å². The van der Waals surface area contributed by atoms with E-state index in [-0.39, 0.29) is 0 Å². The molecule has 0 saturated heterocycles. The second-order valence-electron chi connectivity index (χ2n) is 4.50. The summed E-state index contributed by atoms with van der Waals surface area (Å²) in [5.74, 6) is 0.969. The molecule has 0 aliphatic carbocycles. The molecule has 1 atom stereocenters. The first-order valence-electron chi connectivity index (χ1n) is 6.71. The molecule has 1 rings (SSSR count). The Labute approximate surface area is 116 Å². The van der Waals surface area contributed by atoms with Crippen molar-refractivity contribution in [1.82, 2.24) is 5.32 Å². The van der Waals surface area contributed by atoms with Crippen LogP contribution in [0.1, 0.15) is 32.3 Å². The van der Waals surface area contributed by atoms with Crippen LogP contribution in [0.2, 0.25) is 0 Å². The van der Waals surface area contributed by atoms with Crippen molar-refractivity contribution in [3.05, 3.63) is 29.8 Å². The monoisotopic (exact) mass is 267 g/mol. The van der Waals surface area contributed by atoms with Gasteiger partial charge in [-0.2, -0.15) is 11.8 Å². The molecular formula is C15H25NOS. The van der Waals surface area contributed by atoms with E-state index in [0.29, 0.717) is 0 Å². The van der Waals surface area contributed by atoms with E-state index in [9.17, 15) is 0 Å². The minimum absolute atomic E-state index is 0.738. The topological polar surface area (TPSA) is 21.3 Å². The van der Waals surface area contributed by atoms with Crippen molar-refractivity contribution in [3.63, 3.8) is 0 Å². The molecule has 3 heteroatoms. The van der Waals surface area contributed by atoms with Gasteiger partial charge in [-0.25, -0.2) is 0 Å². The van der Waals surface area contributed by atoms with Crippen LogP contribution in [-0.2, 0) is 6.54 Å². The fourth-order valence-electron chi connectivity index (χ4n) is 1.58. The summed E-state index contributed by atoms with van der Waals surface area (Å²) in [5, 5.41) is 4.21. The zero-order valence-electron chi connectivity index (χ0n) is 11.7. The molecule has 0 heterocycles. The molecule has 18 heavy (non-hydrogen) atoms. The Morgan fingerprint density at radius 2 is 2.00 bits per heavy atom. The van der Waals surface area contributed by atoms with E-state index in [1.165, 1.54) is 12.0 Å². The van der Waals surface area contributed by atoms with Crippen molar-refractivity contribution in [2.45, 2.75) is 38.5 Å². The largest absolute Gasteiger partial charge is 0.494 e. The SMILES string of the molecule is CCCOc1ccc(CNCCC(C)SC)cc1. The first kappa shape index (κ1) is 15.4. The fourth-order valence-corrected chi connectivity index (χ4v) is 1.93. The lowest BCUT2D eigenvalue weighted by Gasteiger charge is -2.09. The van der Waals surface area contributed by atoms with Crippen LogP contribution in [0.5, 0.6) is 5.75 Å². The summed E-state index contributed by atoms with van der Waals surface area (Å²) in [5.41, 5.74) is 1.32. The van der Waals surface area contributed by atoms with Gasteiger partial charge >= 0.3 is 0 Å². The molecule has 0 saturated carbocycles. The van der Waals surface area contributed by atoms with Crippen LogP contribution >= 0.6 is 11.8 Å². The lowest BCUT2D eigenvalue weighted by atomic mass is 10.2. The molecule has 0 aromatic heterocycles. The van der Waals surface area contributed by atoms with E-state index < -0.39 is 0 Å². The van der Waals surface area contributed by atoms with Crippen LogP contribution in [0, 0.1) is 0 Å². The highest BCUT2D eigenvalue weighted by atomic mass is 32.2. The van der Waals surface area contributed by atoms with Crippen LogP contribution < -0.4 is 10.1 Å². The van der Waals surface area contributed by atoms with Crippen molar-refractivity contribution in [1.29, 1.82) is 0 Å². The van der Waals surface area contributed by atoms with Crippen molar-refractivity contribution in [2.75, 3.05) is 19.4 Å². The third-order valence-electron chi connectivity index (χ3n) is 2.86. The summed E-state index contributed by atoms with van der Waals surface area (Å²) >= 11 is 1.92. The summed E-state index contributed by atoms with van der Waals surface area (Å²) in [6.45, 7) is 7.20. The molecule has 2 nitrogen and oxygen atoms in total. The smallest absolute Gasteiger partial charge is 0.119 e. The predicted octanol–water partition coefficient (Wildman–Crippen LogP) is 3.71. The normalized spacial score (nSPS) is 12.4. The van der Waals surface area contributed by atoms with Gasteiger partial charge < -0.3 is 10.1 Å². The maximum Gasteiger partial charge on any atom is 0.119 e. The van der Waals surface area contributed by atoms with E-state index >= 15 is 0 Å². The summed E-state index contributed by atoms with van der Waals surface area (Å²) in [4.78, 5) is 0. The number of hydrogen-bond acceptors (Lipinski definition) is 3. The summed E-state index contributed by atoms with van der Waals surface area (Å²) in [7, 11) is 0. The molecule has 1 unspecified atom stereocenters. The quantitative estimate of drug-likeness (QED) is 0.689. The van der Waals surface area contributed by atoms with Gasteiger partial charge in [0.1, 0.15) is 5.75 Å². The van der Waals surface area contributed by atoms with Gasteiger partial charge in [0, 0.05) is 11.8 Å². The Bertz CT molecular complexity index is 313. The minimum atomic E-state index is 0.738. The molecule has 0 radical (unpaired) electrons. The van der Waals surface area contributed by atoms with Gasteiger partial charge in [-0.1, -0.05) is 26.0 Å². The Balaban J connectivity index is 2.22. The number of rotatable bonds is 9. The van der Waals surface area contributed by atoms with Crippen molar-refractivity contribution in [3.8, 4) is 5.75 Å². The van der Waals surface area contributed by atoms with Crippen molar-refractivity contribution >= 4 is 11.8 Å². The van der Waals surface area contributed by atoms with Gasteiger partial charge in [0.2, 0.25) is 0 Å². The molecule has 0 spiro atoms. The Kier molecular flexibility index (Phi) is 7.94. The standard InChI is InChI=1S/C15H25NOS/c1-4-11-17-15-7-5-14(6-8-15)12-16-10-9-13(2)18-3/h5-8,13,16H,4,9-12H2,1-3H3. The zero-order valence-corrected chi connectivity index (χ0v) is 12.6. The zero-order chi connectivity index (χ0) is 13.2. The third kappa shape index (κ3) is 6.31. The van der Waals surface area contributed by atoms with E-state index in [1.807, 2.05) is 11.8 Å². The van der Waals surface area contributed by atoms with Gasteiger partial charge in [0.25, 0.3) is 0 Å². The molecule has 1 aromatic rings. The van der Waals surface area contributed by atoms with E-state index in [0.717, 1.165) is 37.1 Å². The summed E-state index contributed by atoms with van der Waals surface area (Å²) < 4.78 is 5.56. The molecule has 0 aliphatic rings. The molecule has 1 aromatic carbocycles. The van der Waals surface area contributed by atoms with Crippen LogP contribution in [-0.4, -0.2) is 24.7 Å². The van der Waals surface area contributed by atoms with Gasteiger partial charge in [0.15, 0.2) is 0 Å². The molecule has 0 amide bonds. The van der Waals surface area contributed by atoms with Gasteiger partial charge in [-0.15, -0.1) is 0 Å². The Morgan fingerprint density at radius 1 is 1.28 bits per heavy atom. The first-order valence-corrected chi connectivity index (χ1v) is 8.00. The number of benzene rings is 1. The van der Waals surface area contributed by atoms with E-state index in [1.54, 1.807) is 0 Å². The average molecular weight is 267 g/mol. The van der Waals surface area contributed by atoms with Crippen LogP contribution in [0.15, 0.2) is 24.3 Å². The lowest BCUT2D eigenvalue weighted by molar-refractivity contribution is 0.317. The number of nitrogens with one attached hydrogen (secondary N) is 1. The van der Waals surface area contributed by atoms with Crippen molar-refractivity contribution < 1.29 is 4.74 Å². The highest BCUT2D eigenvalue weighted by Gasteiger charge is 1.99. The fraction of sp³-hybridized carbons (Fsp3) is 0.600. The molecule has 0 fully saturated rings. The highest BCUT2D eigenvalue weighted by Crippen LogP contribution is 2.12. The predicted molar refractivity (Wildman–Crippen MR) is 81.5 cm³/mol. The van der Waals surface area contributed by atoms with Crippen LogP contribution in [0.25, 0.3) is 0 Å². The molecule has 0 bridgehead atoms.